The quantitative estimate of drug-likeness (QED) is 0.521. The van der Waals surface area contributed by atoms with E-state index in [-0.39, 0.29) is 4.90 Å². The maximum atomic E-state index is 13.3. The smallest absolute Gasteiger partial charge is 0.246 e. The van der Waals surface area contributed by atoms with Crippen LogP contribution in [0.25, 0.3) is 11.5 Å². The van der Waals surface area contributed by atoms with Gasteiger partial charge >= 0.3 is 0 Å². The van der Waals surface area contributed by atoms with Crippen molar-refractivity contribution in [1.82, 2.24) is 14.2 Å². The first kappa shape index (κ1) is 23.3. The summed E-state index contributed by atoms with van der Waals surface area (Å²) < 4.78 is 44.5. The van der Waals surface area contributed by atoms with Crippen molar-refractivity contribution in [1.29, 1.82) is 0 Å². The molecular weight excluding hydrogens is 442 g/mol. The number of rotatable bonds is 7. The van der Waals surface area contributed by atoms with Crippen molar-refractivity contribution in [3.63, 3.8) is 0 Å². The third-order valence-electron chi connectivity index (χ3n) is 5.88. The normalized spacial score (nSPS) is 15.5. The van der Waals surface area contributed by atoms with Crippen molar-refractivity contribution in [2.45, 2.75) is 25.3 Å². The van der Waals surface area contributed by atoms with E-state index >= 15 is 0 Å². The second-order valence-electron chi connectivity index (χ2n) is 8.08. The van der Waals surface area contributed by atoms with Crippen molar-refractivity contribution in [2.75, 3.05) is 40.4 Å². The summed E-state index contributed by atoms with van der Waals surface area (Å²) >= 11 is 0. The molecule has 0 bridgehead atoms. The predicted molar refractivity (Wildman–Crippen MR) is 125 cm³/mol. The maximum absolute atomic E-state index is 13.3. The number of piperazine rings is 1. The lowest BCUT2D eigenvalue weighted by molar-refractivity contribution is 0.179. The molecule has 0 radical (unpaired) electrons. The molecule has 1 aromatic heterocycles. The van der Waals surface area contributed by atoms with Crippen LogP contribution in [0.1, 0.15) is 17.0 Å². The number of aryl methyl sites for hydroxylation is 2. The molecule has 8 nitrogen and oxygen atoms in total. The molecule has 0 saturated carbocycles. The summed E-state index contributed by atoms with van der Waals surface area (Å²) in [6, 6.07) is 12.9. The number of hydrogen-bond acceptors (Lipinski definition) is 7. The Labute approximate surface area is 194 Å². The molecule has 33 heavy (non-hydrogen) atoms. The Morgan fingerprint density at radius 3 is 2.30 bits per heavy atom. The largest absolute Gasteiger partial charge is 0.497 e. The molecule has 3 aromatic rings. The molecule has 4 rings (SSSR count). The Balaban J connectivity index is 1.44. The lowest BCUT2D eigenvalue weighted by atomic mass is 10.1. The third kappa shape index (κ3) is 4.90. The van der Waals surface area contributed by atoms with Gasteiger partial charge in [-0.3, -0.25) is 4.90 Å². The molecule has 0 amide bonds. The van der Waals surface area contributed by atoms with Crippen LogP contribution in [0.5, 0.6) is 11.5 Å². The molecule has 0 unspecified atom stereocenters. The van der Waals surface area contributed by atoms with Crippen LogP contribution in [0.2, 0.25) is 0 Å². The van der Waals surface area contributed by atoms with Gasteiger partial charge in [-0.2, -0.15) is 4.31 Å². The Morgan fingerprint density at radius 2 is 1.67 bits per heavy atom. The van der Waals surface area contributed by atoms with Gasteiger partial charge in [-0.1, -0.05) is 17.7 Å². The summed E-state index contributed by atoms with van der Waals surface area (Å²) in [5.41, 5.74) is 3.00. The van der Waals surface area contributed by atoms with Gasteiger partial charge in [-0.05, 0) is 38.1 Å². The van der Waals surface area contributed by atoms with E-state index < -0.39 is 10.0 Å². The summed E-state index contributed by atoms with van der Waals surface area (Å²) in [6.07, 6.45) is 0. The van der Waals surface area contributed by atoms with Crippen LogP contribution >= 0.6 is 0 Å². The Morgan fingerprint density at radius 1 is 0.970 bits per heavy atom. The summed E-state index contributed by atoms with van der Waals surface area (Å²) in [6.45, 7) is 6.51. The van der Waals surface area contributed by atoms with Crippen molar-refractivity contribution in [2.24, 2.45) is 0 Å². The molecule has 1 fully saturated rings. The Bertz CT molecular complexity index is 1210. The number of sulfonamides is 1. The van der Waals surface area contributed by atoms with Gasteiger partial charge in [0, 0.05) is 44.4 Å². The van der Waals surface area contributed by atoms with Crippen LogP contribution in [0.4, 0.5) is 0 Å². The lowest BCUT2D eigenvalue weighted by Crippen LogP contribution is -2.48. The van der Waals surface area contributed by atoms with E-state index in [9.17, 15) is 8.42 Å². The van der Waals surface area contributed by atoms with Gasteiger partial charge < -0.3 is 13.9 Å². The van der Waals surface area contributed by atoms with E-state index in [1.54, 1.807) is 12.1 Å². The van der Waals surface area contributed by atoms with Gasteiger partial charge in [-0.25, -0.2) is 13.4 Å². The van der Waals surface area contributed by atoms with Gasteiger partial charge in [0.25, 0.3) is 0 Å². The van der Waals surface area contributed by atoms with Crippen LogP contribution in [0.3, 0.4) is 0 Å². The summed E-state index contributed by atoms with van der Waals surface area (Å²) in [5.74, 6) is 2.16. The summed E-state index contributed by atoms with van der Waals surface area (Å²) in [4.78, 5) is 7.00. The number of oxazole rings is 1. The lowest BCUT2D eigenvalue weighted by Gasteiger charge is -2.33. The highest BCUT2D eigenvalue weighted by Crippen LogP contribution is 2.31. The topological polar surface area (TPSA) is 85.1 Å². The second kappa shape index (κ2) is 9.54. The number of hydrogen-bond donors (Lipinski definition) is 0. The minimum atomic E-state index is -3.71. The molecular formula is C24H29N3O5S. The molecule has 1 saturated heterocycles. The molecule has 9 heteroatoms. The monoisotopic (exact) mass is 471 g/mol. The Hall–Kier alpha value is -2.88. The molecule has 2 heterocycles. The zero-order chi connectivity index (χ0) is 23.6. The first-order chi connectivity index (χ1) is 15.8. The zero-order valence-electron chi connectivity index (χ0n) is 19.4. The van der Waals surface area contributed by atoms with Crippen molar-refractivity contribution < 1.29 is 22.3 Å². The van der Waals surface area contributed by atoms with E-state index in [1.165, 1.54) is 30.2 Å². The number of methoxy groups -OCH3 is 2. The molecule has 0 spiro atoms. The first-order valence-electron chi connectivity index (χ1n) is 10.8. The fourth-order valence-electron chi connectivity index (χ4n) is 3.86. The van der Waals surface area contributed by atoms with E-state index in [1.807, 2.05) is 38.1 Å². The van der Waals surface area contributed by atoms with Crippen molar-refractivity contribution >= 4 is 10.0 Å². The van der Waals surface area contributed by atoms with E-state index in [2.05, 4.69) is 4.90 Å². The maximum Gasteiger partial charge on any atom is 0.246 e. The van der Waals surface area contributed by atoms with Gasteiger partial charge in [0.1, 0.15) is 22.2 Å². The zero-order valence-corrected chi connectivity index (χ0v) is 20.2. The molecule has 0 aliphatic carbocycles. The average molecular weight is 472 g/mol. The summed E-state index contributed by atoms with van der Waals surface area (Å²) in [7, 11) is -0.741. The van der Waals surface area contributed by atoms with Gasteiger partial charge in [0.2, 0.25) is 15.9 Å². The summed E-state index contributed by atoms with van der Waals surface area (Å²) in [5, 5.41) is 0. The minimum absolute atomic E-state index is 0.118. The highest BCUT2D eigenvalue weighted by atomic mass is 32.2. The molecule has 1 aliphatic rings. The first-order valence-corrected chi connectivity index (χ1v) is 12.2. The van der Waals surface area contributed by atoms with Crippen LogP contribution in [0.15, 0.2) is 51.8 Å². The SMILES string of the molecule is COc1ccc(OC)c(S(=O)(=O)N2CCN(Cc3nc(-c4ccc(C)cc4)oc3C)CC2)c1. The van der Waals surface area contributed by atoms with E-state index in [0.29, 0.717) is 50.1 Å². The molecule has 0 atom stereocenters. The Kier molecular flexibility index (Phi) is 6.73. The van der Waals surface area contributed by atoms with E-state index in [4.69, 9.17) is 18.9 Å². The second-order valence-corrected chi connectivity index (χ2v) is 9.99. The highest BCUT2D eigenvalue weighted by molar-refractivity contribution is 7.89. The third-order valence-corrected chi connectivity index (χ3v) is 7.80. The predicted octanol–water partition coefficient (Wildman–Crippen LogP) is 3.48. The number of nitrogens with zero attached hydrogens (tertiary/aromatic N) is 3. The van der Waals surface area contributed by atoms with Crippen LogP contribution < -0.4 is 9.47 Å². The fraction of sp³-hybridized carbons (Fsp3) is 0.375. The van der Waals surface area contributed by atoms with Crippen molar-refractivity contribution in [3.05, 3.63) is 59.5 Å². The van der Waals surface area contributed by atoms with Crippen molar-refractivity contribution in [3.8, 4) is 23.0 Å². The van der Waals surface area contributed by atoms with Crippen LogP contribution in [-0.2, 0) is 16.6 Å². The molecule has 2 aromatic carbocycles. The number of aromatic nitrogens is 1. The molecule has 176 valence electrons. The van der Waals surface area contributed by atoms with Gasteiger partial charge in [0.15, 0.2) is 0 Å². The minimum Gasteiger partial charge on any atom is -0.497 e. The number of benzene rings is 2. The van der Waals surface area contributed by atoms with Gasteiger partial charge in [0.05, 0.1) is 19.9 Å². The van der Waals surface area contributed by atoms with Crippen LogP contribution in [-0.4, -0.2) is 63.0 Å². The average Bonchev–Trinajstić information content (AvgIpc) is 3.19. The standard InChI is InChI=1S/C24H29N3O5S/c1-17-5-7-19(8-6-17)24-25-21(18(2)32-24)16-26-11-13-27(14-12-26)33(28,29)23-15-20(30-3)9-10-22(23)31-4/h5-10,15H,11-14,16H2,1-4H3. The number of ether oxygens (including phenoxy) is 2. The molecule has 0 N–H and O–H groups in total. The van der Waals surface area contributed by atoms with Gasteiger partial charge in [-0.15, -0.1) is 0 Å². The highest BCUT2D eigenvalue weighted by Gasteiger charge is 2.31. The fourth-order valence-corrected chi connectivity index (χ4v) is 5.45. The van der Waals surface area contributed by atoms with E-state index in [0.717, 1.165) is 17.0 Å². The van der Waals surface area contributed by atoms with Crippen LogP contribution in [0, 0.1) is 13.8 Å². The molecule has 1 aliphatic heterocycles.